The largest absolute Gasteiger partial charge is 0.497 e. The van der Waals surface area contributed by atoms with Gasteiger partial charge in [-0.15, -0.1) is 17.3 Å². The minimum atomic E-state index is -0.329. The third-order valence-corrected chi connectivity index (χ3v) is 4.57. The Bertz CT molecular complexity index is 1040. The SMILES string of the molecule is COc1cc(Nc2ncc3c(n2)C2=C=CC(Cl)C=C2NC(=O)C3)cc(OC)c1. The fourth-order valence-corrected chi connectivity index (χ4v) is 3.21. The second kappa shape index (κ2) is 7.38. The lowest BCUT2D eigenvalue weighted by Crippen LogP contribution is -2.23. The summed E-state index contributed by atoms with van der Waals surface area (Å²) >= 11 is 6.13. The van der Waals surface area contributed by atoms with Crippen molar-refractivity contribution in [3.05, 3.63) is 59.2 Å². The number of ether oxygens (including phenoxy) is 2. The minimum absolute atomic E-state index is 0.142. The maximum atomic E-state index is 12.2. The van der Waals surface area contributed by atoms with E-state index in [1.165, 1.54) is 0 Å². The monoisotopic (exact) mass is 396 g/mol. The van der Waals surface area contributed by atoms with Crippen LogP contribution in [0.3, 0.4) is 0 Å². The Kier molecular flexibility index (Phi) is 4.77. The number of amides is 1. The third-order valence-electron chi connectivity index (χ3n) is 4.32. The lowest BCUT2D eigenvalue weighted by Gasteiger charge is -2.14. The zero-order valence-electron chi connectivity index (χ0n) is 15.2. The number of nitrogens with zero attached hydrogens (tertiary/aromatic N) is 2. The summed E-state index contributed by atoms with van der Waals surface area (Å²) in [5, 5.41) is 5.68. The number of hydrogen-bond donors (Lipinski definition) is 2. The molecule has 1 aliphatic heterocycles. The third kappa shape index (κ3) is 3.58. The van der Waals surface area contributed by atoms with Crippen LogP contribution in [0, 0.1) is 0 Å². The molecular formula is C20H17ClN4O3. The molecule has 0 bridgehead atoms. The van der Waals surface area contributed by atoms with Gasteiger partial charge in [0.05, 0.1) is 43.0 Å². The van der Waals surface area contributed by atoms with Crippen LogP contribution in [0.2, 0.25) is 0 Å². The number of carbonyl (C=O) groups excluding carboxylic acids is 1. The van der Waals surface area contributed by atoms with Crippen LogP contribution in [0.1, 0.15) is 11.3 Å². The molecule has 4 rings (SSSR count). The van der Waals surface area contributed by atoms with Crippen molar-refractivity contribution >= 4 is 34.7 Å². The first kappa shape index (κ1) is 18.1. The summed E-state index contributed by atoms with van der Waals surface area (Å²) in [6, 6.07) is 5.40. The Morgan fingerprint density at radius 3 is 2.71 bits per heavy atom. The average molecular weight is 397 g/mol. The number of fused-ring (bicyclic) bond motifs is 3. The molecule has 1 aromatic heterocycles. The van der Waals surface area contributed by atoms with Crippen molar-refractivity contribution < 1.29 is 14.3 Å². The van der Waals surface area contributed by atoms with Gasteiger partial charge in [0.15, 0.2) is 0 Å². The van der Waals surface area contributed by atoms with Crippen molar-refractivity contribution in [1.82, 2.24) is 15.3 Å². The van der Waals surface area contributed by atoms with Gasteiger partial charge in [-0.3, -0.25) is 4.79 Å². The topological polar surface area (TPSA) is 85.4 Å². The molecule has 0 fully saturated rings. The van der Waals surface area contributed by atoms with Crippen molar-refractivity contribution in [3.63, 3.8) is 0 Å². The number of benzene rings is 1. The number of aromatic nitrogens is 2. The Morgan fingerprint density at radius 2 is 2.00 bits per heavy atom. The second-order valence-electron chi connectivity index (χ2n) is 6.23. The van der Waals surface area contributed by atoms with Crippen LogP contribution in [0.5, 0.6) is 11.5 Å². The van der Waals surface area contributed by atoms with E-state index >= 15 is 0 Å². The smallest absolute Gasteiger partial charge is 0.228 e. The normalized spacial score (nSPS) is 17.4. The molecule has 2 aromatic rings. The van der Waals surface area contributed by atoms with Gasteiger partial charge in [0, 0.05) is 35.6 Å². The predicted octanol–water partition coefficient (Wildman–Crippen LogP) is 2.95. The number of allylic oxidation sites excluding steroid dienone is 2. The summed E-state index contributed by atoms with van der Waals surface area (Å²) in [7, 11) is 3.17. The fourth-order valence-electron chi connectivity index (χ4n) is 3.02. The van der Waals surface area contributed by atoms with Crippen LogP contribution in [-0.4, -0.2) is 35.5 Å². The summed E-state index contributed by atoms with van der Waals surface area (Å²) in [6.45, 7) is 0. The van der Waals surface area contributed by atoms with Crippen LogP contribution < -0.4 is 20.1 Å². The van der Waals surface area contributed by atoms with Crippen molar-refractivity contribution in [2.75, 3.05) is 19.5 Å². The van der Waals surface area contributed by atoms with Crippen LogP contribution in [0.4, 0.5) is 11.6 Å². The van der Waals surface area contributed by atoms with Crippen LogP contribution in [0.15, 0.2) is 48.0 Å². The molecule has 2 aliphatic rings. The maximum Gasteiger partial charge on any atom is 0.228 e. The van der Waals surface area contributed by atoms with Crippen molar-refractivity contribution in [2.45, 2.75) is 11.8 Å². The summed E-state index contributed by atoms with van der Waals surface area (Å²) in [5.41, 5.74) is 6.50. The molecule has 0 saturated heterocycles. The van der Waals surface area contributed by atoms with E-state index in [0.717, 1.165) is 5.56 Å². The molecule has 1 atom stereocenters. The first-order valence-corrected chi connectivity index (χ1v) is 8.98. The van der Waals surface area contributed by atoms with Crippen molar-refractivity contribution in [1.29, 1.82) is 0 Å². The predicted molar refractivity (Wildman–Crippen MR) is 106 cm³/mol. The molecule has 2 N–H and O–H groups in total. The Labute approximate surface area is 166 Å². The van der Waals surface area contributed by atoms with E-state index in [2.05, 4.69) is 26.3 Å². The highest BCUT2D eigenvalue weighted by atomic mass is 35.5. The van der Waals surface area contributed by atoms with Gasteiger partial charge in [0.25, 0.3) is 0 Å². The molecule has 1 aliphatic carbocycles. The molecule has 8 heteroatoms. The summed E-state index contributed by atoms with van der Waals surface area (Å²) in [5.74, 6) is 1.52. The van der Waals surface area contributed by atoms with Gasteiger partial charge in [-0.2, -0.15) is 0 Å². The molecule has 142 valence electrons. The number of anilines is 2. The van der Waals surface area contributed by atoms with E-state index < -0.39 is 0 Å². The fraction of sp³-hybridized carbons (Fsp3) is 0.200. The first-order valence-electron chi connectivity index (χ1n) is 8.55. The number of halogens is 1. The molecule has 0 radical (unpaired) electrons. The molecule has 7 nitrogen and oxygen atoms in total. The van der Waals surface area contributed by atoms with E-state index in [9.17, 15) is 4.79 Å². The summed E-state index contributed by atoms with van der Waals surface area (Å²) < 4.78 is 10.6. The van der Waals surface area contributed by atoms with Gasteiger partial charge in [0.1, 0.15) is 11.5 Å². The zero-order valence-corrected chi connectivity index (χ0v) is 16.0. The highest BCUT2D eigenvalue weighted by molar-refractivity contribution is 6.23. The quantitative estimate of drug-likeness (QED) is 0.610. The van der Waals surface area contributed by atoms with Crippen molar-refractivity contribution in [3.8, 4) is 11.5 Å². The number of carbonyl (C=O) groups is 1. The van der Waals surface area contributed by atoms with Crippen LogP contribution in [-0.2, 0) is 11.2 Å². The Balaban J connectivity index is 1.74. The number of hydrogen-bond acceptors (Lipinski definition) is 6. The van der Waals surface area contributed by atoms with E-state index in [1.54, 1.807) is 38.6 Å². The highest BCUT2D eigenvalue weighted by Gasteiger charge is 2.25. The summed E-state index contributed by atoms with van der Waals surface area (Å²) in [6.07, 6.45) is 5.32. The standard InChI is InChI=1S/C20H17ClN4O3/c1-27-14-7-13(8-15(9-14)28-2)23-20-22-10-11-5-18(26)24-17-6-12(21)3-4-16(17)19(11)25-20/h3,6-10,12H,5H2,1-2H3,(H,24,26)(H,22,23,25). The van der Waals surface area contributed by atoms with E-state index in [1.807, 2.05) is 12.1 Å². The molecule has 0 saturated carbocycles. The van der Waals surface area contributed by atoms with E-state index in [0.29, 0.717) is 40.1 Å². The van der Waals surface area contributed by atoms with Crippen LogP contribution >= 0.6 is 11.6 Å². The van der Waals surface area contributed by atoms with E-state index in [4.69, 9.17) is 21.1 Å². The number of alkyl halides is 1. The van der Waals surface area contributed by atoms with Gasteiger partial charge in [-0.1, -0.05) is 0 Å². The molecule has 2 heterocycles. The van der Waals surface area contributed by atoms with Gasteiger partial charge in [-0.05, 0) is 12.2 Å². The number of methoxy groups -OCH3 is 2. The molecule has 1 unspecified atom stereocenters. The average Bonchev–Trinajstić information content (AvgIpc) is 2.82. The Hall–Kier alpha value is -3.28. The Morgan fingerprint density at radius 1 is 1.25 bits per heavy atom. The van der Waals surface area contributed by atoms with Crippen LogP contribution in [0.25, 0.3) is 5.57 Å². The number of rotatable bonds is 4. The molecule has 0 spiro atoms. The van der Waals surface area contributed by atoms with Gasteiger partial charge in [-0.25, -0.2) is 9.97 Å². The molecule has 28 heavy (non-hydrogen) atoms. The lowest BCUT2D eigenvalue weighted by atomic mass is 10.0. The second-order valence-corrected chi connectivity index (χ2v) is 6.73. The van der Waals surface area contributed by atoms with Crippen molar-refractivity contribution in [2.24, 2.45) is 0 Å². The molecule has 1 aromatic carbocycles. The molecule has 1 amide bonds. The minimum Gasteiger partial charge on any atom is -0.497 e. The maximum absolute atomic E-state index is 12.2. The number of nitrogens with one attached hydrogen (secondary N) is 2. The first-order chi connectivity index (χ1) is 13.6. The zero-order chi connectivity index (χ0) is 19.7. The highest BCUT2D eigenvalue weighted by Crippen LogP contribution is 2.31. The summed E-state index contributed by atoms with van der Waals surface area (Å²) in [4.78, 5) is 21.1. The van der Waals surface area contributed by atoms with Gasteiger partial charge < -0.3 is 20.1 Å². The lowest BCUT2D eigenvalue weighted by molar-refractivity contribution is -0.119. The van der Waals surface area contributed by atoms with Gasteiger partial charge in [0.2, 0.25) is 11.9 Å². The van der Waals surface area contributed by atoms with E-state index in [-0.39, 0.29) is 17.7 Å². The van der Waals surface area contributed by atoms with Gasteiger partial charge >= 0.3 is 0 Å². The molecular weight excluding hydrogens is 380 g/mol.